The van der Waals surface area contributed by atoms with Crippen LogP contribution < -0.4 is 5.73 Å². The van der Waals surface area contributed by atoms with E-state index in [4.69, 9.17) is 5.73 Å². The molecule has 0 bridgehead atoms. The van der Waals surface area contributed by atoms with Gasteiger partial charge in [0.2, 0.25) is 0 Å². The van der Waals surface area contributed by atoms with E-state index in [1.807, 2.05) is 24.0 Å². The number of hydrogen-bond donors (Lipinski definition) is 1. The highest BCUT2D eigenvalue weighted by Crippen LogP contribution is 2.24. The Morgan fingerprint density at radius 1 is 1.44 bits per heavy atom. The topological polar surface area (TPSA) is 43.8 Å². The van der Waals surface area contributed by atoms with Gasteiger partial charge in [0.25, 0.3) is 0 Å². The summed E-state index contributed by atoms with van der Waals surface area (Å²) < 4.78 is 3.33. The van der Waals surface area contributed by atoms with Crippen molar-refractivity contribution in [2.75, 3.05) is 0 Å². The van der Waals surface area contributed by atoms with E-state index >= 15 is 0 Å². The van der Waals surface area contributed by atoms with E-state index in [0.29, 0.717) is 0 Å². The maximum Gasteiger partial charge on any atom is 0.108 e. The third kappa shape index (κ3) is 2.92. The zero-order valence-electron chi connectivity index (χ0n) is 10.7. The van der Waals surface area contributed by atoms with Crippen molar-refractivity contribution in [3.63, 3.8) is 0 Å². The van der Waals surface area contributed by atoms with Crippen LogP contribution in [0.3, 0.4) is 0 Å². The first-order chi connectivity index (χ1) is 8.59. The number of nitrogens with zero attached hydrogens (tertiary/aromatic N) is 2. The second-order valence-electron chi connectivity index (χ2n) is 4.58. The third-order valence-electron chi connectivity index (χ3n) is 3.22. The molecule has 0 aliphatic heterocycles. The van der Waals surface area contributed by atoms with E-state index in [-0.39, 0.29) is 6.04 Å². The quantitative estimate of drug-likeness (QED) is 0.857. The lowest BCUT2D eigenvalue weighted by Crippen LogP contribution is -2.14. The fourth-order valence-corrected chi connectivity index (χ4v) is 2.79. The number of nitrogens with two attached hydrogens (primary N) is 1. The van der Waals surface area contributed by atoms with Crippen LogP contribution in [0.4, 0.5) is 0 Å². The summed E-state index contributed by atoms with van der Waals surface area (Å²) in [5, 5.41) is 0. The Morgan fingerprint density at radius 3 is 2.89 bits per heavy atom. The molecule has 2 aromatic rings. The van der Waals surface area contributed by atoms with Gasteiger partial charge in [-0.25, -0.2) is 4.98 Å². The fraction of sp³-hybridized carbons (Fsp3) is 0.357. The standard InChI is InChI=1S/C14H18IN3/c1-10-4-3-5-11(14(10)15)12(16)6-7-13-17-8-9-18(13)2/h3-5,8-9,12H,6-7,16H2,1-2H3. The van der Waals surface area contributed by atoms with Crippen molar-refractivity contribution in [2.24, 2.45) is 12.8 Å². The Morgan fingerprint density at radius 2 is 2.22 bits per heavy atom. The van der Waals surface area contributed by atoms with Gasteiger partial charge in [-0.3, -0.25) is 0 Å². The normalized spacial score (nSPS) is 12.7. The zero-order valence-corrected chi connectivity index (χ0v) is 12.9. The first-order valence-electron chi connectivity index (χ1n) is 6.06. The summed E-state index contributed by atoms with van der Waals surface area (Å²) in [6.07, 6.45) is 5.63. The highest BCUT2D eigenvalue weighted by atomic mass is 127. The van der Waals surface area contributed by atoms with E-state index in [1.54, 1.807) is 0 Å². The molecule has 0 aliphatic carbocycles. The molecule has 0 fully saturated rings. The van der Waals surface area contributed by atoms with Gasteiger partial charge in [0.15, 0.2) is 0 Å². The van der Waals surface area contributed by atoms with E-state index in [1.165, 1.54) is 14.7 Å². The molecule has 0 spiro atoms. The molecule has 0 saturated carbocycles. The molecule has 0 amide bonds. The van der Waals surface area contributed by atoms with Crippen LogP contribution in [0.2, 0.25) is 0 Å². The molecule has 0 saturated heterocycles. The molecule has 96 valence electrons. The average molecular weight is 355 g/mol. The largest absolute Gasteiger partial charge is 0.338 e. The van der Waals surface area contributed by atoms with Gasteiger partial charge >= 0.3 is 0 Å². The summed E-state index contributed by atoms with van der Waals surface area (Å²) in [6, 6.07) is 6.40. The van der Waals surface area contributed by atoms with Crippen molar-refractivity contribution < 1.29 is 0 Å². The summed E-state index contributed by atoms with van der Waals surface area (Å²) in [4.78, 5) is 4.33. The summed E-state index contributed by atoms with van der Waals surface area (Å²) >= 11 is 2.38. The highest BCUT2D eigenvalue weighted by molar-refractivity contribution is 14.1. The molecule has 1 heterocycles. The zero-order chi connectivity index (χ0) is 13.1. The van der Waals surface area contributed by atoms with Gasteiger partial charge in [0.05, 0.1) is 0 Å². The minimum absolute atomic E-state index is 0.0773. The number of aromatic nitrogens is 2. The Kier molecular flexibility index (Phi) is 4.40. The van der Waals surface area contributed by atoms with Gasteiger partial charge in [-0.05, 0) is 47.1 Å². The molecular weight excluding hydrogens is 337 g/mol. The van der Waals surface area contributed by atoms with Crippen molar-refractivity contribution in [1.29, 1.82) is 0 Å². The van der Waals surface area contributed by atoms with Crippen LogP contribution in [-0.4, -0.2) is 9.55 Å². The highest BCUT2D eigenvalue weighted by Gasteiger charge is 2.12. The number of rotatable bonds is 4. The second kappa shape index (κ2) is 5.84. The van der Waals surface area contributed by atoms with Crippen molar-refractivity contribution >= 4 is 22.6 Å². The molecule has 4 heteroatoms. The molecular formula is C14H18IN3. The minimum Gasteiger partial charge on any atom is -0.338 e. The summed E-state index contributed by atoms with van der Waals surface area (Å²) in [5.74, 6) is 1.09. The van der Waals surface area contributed by atoms with E-state index < -0.39 is 0 Å². The molecule has 0 radical (unpaired) electrons. The average Bonchev–Trinajstić information content (AvgIpc) is 2.75. The SMILES string of the molecule is Cc1cccc(C(N)CCc2nccn2C)c1I. The second-order valence-corrected chi connectivity index (χ2v) is 5.66. The summed E-state index contributed by atoms with van der Waals surface area (Å²) in [6.45, 7) is 2.12. The number of halogens is 1. The molecule has 3 nitrogen and oxygen atoms in total. The minimum atomic E-state index is 0.0773. The molecule has 18 heavy (non-hydrogen) atoms. The Hall–Kier alpha value is -0.880. The Labute approximate surface area is 122 Å². The van der Waals surface area contributed by atoms with Gasteiger partial charge in [-0.2, -0.15) is 0 Å². The lowest BCUT2D eigenvalue weighted by molar-refractivity contribution is 0.618. The number of benzene rings is 1. The van der Waals surface area contributed by atoms with Gasteiger partial charge in [0.1, 0.15) is 5.82 Å². The van der Waals surface area contributed by atoms with Crippen molar-refractivity contribution in [2.45, 2.75) is 25.8 Å². The maximum absolute atomic E-state index is 6.29. The van der Waals surface area contributed by atoms with E-state index in [9.17, 15) is 0 Å². The van der Waals surface area contributed by atoms with Crippen LogP contribution in [0.5, 0.6) is 0 Å². The molecule has 1 atom stereocenters. The predicted octanol–water partition coefficient (Wildman–Crippen LogP) is 2.97. The molecule has 0 aliphatic rings. The molecule has 2 N–H and O–H groups in total. The molecule has 1 aromatic carbocycles. The smallest absolute Gasteiger partial charge is 0.108 e. The van der Waals surface area contributed by atoms with Gasteiger partial charge in [0, 0.05) is 35.5 Å². The fourth-order valence-electron chi connectivity index (χ4n) is 2.03. The van der Waals surface area contributed by atoms with Gasteiger partial charge in [-0.15, -0.1) is 0 Å². The first kappa shape index (κ1) is 13.5. The maximum atomic E-state index is 6.29. The summed E-state index contributed by atoms with van der Waals surface area (Å²) in [5.41, 5.74) is 8.82. The van der Waals surface area contributed by atoms with Crippen molar-refractivity contribution in [1.82, 2.24) is 9.55 Å². The Balaban J connectivity index is 2.06. The first-order valence-corrected chi connectivity index (χ1v) is 7.14. The molecule has 2 rings (SSSR count). The predicted molar refractivity (Wildman–Crippen MR) is 82.4 cm³/mol. The number of aryl methyl sites for hydroxylation is 3. The lowest BCUT2D eigenvalue weighted by Gasteiger charge is -2.15. The van der Waals surface area contributed by atoms with Crippen LogP contribution >= 0.6 is 22.6 Å². The van der Waals surface area contributed by atoms with Crippen LogP contribution in [0, 0.1) is 10.5 Å². The van der Waals surface area contributed by atoms with Crippen LogP contribution in [0.25, 0.3) is 0 Å². The van der Waals surface area contributed by atoms with Crippen molar-refractivity contribution in [3.05, 3.63) is 51.1 Å². The van der Waals surface area contributed by atoms with Gasteiger partial charge < -0.3 is 10.3 Å². The van der Waals surface area contributed by atoms with E-state index in [2.05, 4.69) is 52.7 Å². The molecule has 1 aromatic heterocycles. The summed E-state index contributed by atoms with van der Waals surface area (Å²) in [7, 11) is 2.02. The molecule has 1 unspecified atom stereocenters. The Bertz CT molecular complexity index is 534. The number of hydrogen-bond acceptors (Lipinski definition) is 2. The lowest BCUT2D eigenvalue weighted by atomic mass is 10.0. The van der Waals surface area contributed by atoms with Crippen LogP contribution in [0.15, 0.2) is 30.6 Å². The van der Waals surface area contributed by atoms with Crippen LogP contribution in [-0.2, 0) is 13.5 Å². The monoisotopic (exact) mass is 355 g/mol. The number of imidazole rings is 1. The van der Waals surface area contributed by atoms with E-state index in [0.717, 1.165) is 18.7 Å². The van der Waals surface area contributed by atoms with Crippen molar-refractivity contribution in [3.8, 4) is 0 Å². The van der Waals surface area contributed by atoms with Gasteiger partial charge in [-0.1, -0.05) is 18.2 Å². The van der Waals surface area contributed by atoms with Crippen LogP contribution in [0.1, 0.15) is 29.4 Å². The third-order valence-corrected chi connectivity index (χ3v) is 4.69.